The predicted molar refractivity (Wildman–Crippen MR) is 75.7 cm³/mol. The molecule has 1 saturated carbocycles. The number of hydrogen-bond donors (Lipinski definition) is 0. The topological polar surface area (TPSA) is 44.8 Å². The molecule has 4 nitrogen and oxygen atoms in total. The summed E-state index contributed by atoms with van der Waals surface area (Å²) >= 11 is 0. The number of carbonyl (C=O) groups excluding carboxylic acids is 1. The smallest absolute Gasteiger partial charge is 0.303 e. The Morgan fingerprint density at radius 2 is 2.00 bits per heavy atom. The van der Waals surface area contributed by atoms with Crippen molar-refractivity contribution in [2.24, 2.45) is 0 Å². The van der Waals surface area contributed by atoms with Crippen molar-refractivity contribution in [2.45, 2.75) is 49.9 Å². The van der Waals surface area contributed by atoms with Crippen LogP contribution in [0.4, 0.5) is 0 Å². The maximum absolute atomic E-state index is 11.8. The Kier molecular flexibility index (Phi) is 2.88. The summed E-state index contributed by atoms with van der Waals surface area (Å²) in [5, 5.41) is 0. The highest BCUT2D eigenvalue weighted by atomic mass is 16.7. The van der Waals surface area contributed by atoms with Gasteiger partial charge in [0.1, 0.15) is 0 Å². The van der Waals surface area contributed by atoms with Crippen molar-refractivity contribution >= 4 is 5.97 Å². The minimum absolute atomic E-state index is 0.185. The van der Waals surface area contributed by atoms with E-state index in [1.54, 1.807) is 0 Å². The van der Waals surface area contributed by atoms with E-state index >= 15 is 0 Å². The fraction of sp³-hybridized carbons (Fsp3) is 0.588. The number of benzene rings is 1. The van der Waals surface area contributed by atoms with Crippen LogP contribution in [0.1, 0.15) is 49.7 Å². The van der Waals surface area contributed by atoms with Crippen molar-refractivity contribution < 1.29 is 19.0 Å². The molecule has 1 aliphatic heterocycles. The molecule has 0 radical (unpaired) electrons. The SMILES string of the molecule is CC(=O)OC12c3ccccc3C1CCCC21OCCCO1. The van der Waals surface area contributed by atoms with Crippen LogP contribution in [0.5, 0.6) is 0 Å². The molecule has 1 aromatic carbocycles. The first kappa shape index (κ1) is 13.3. The first-order chi connectivity index (χ1) is 10.2. The van der Waals surface area contributed by atoms with Crippen LogP contribution in [0.2, 0.25) is 0 Å². The fourth-order valence-corrected chi connectivity index (χ4v) is 4.39. The number of esters is 1. The largest absolute Gasteiger partial charge is 0.448 e. The van der Waals surface area contributed by atoms with Gasteiger partial charge in [0.05, 0.1) is 13.2 Å². The summed E-state index contributed by atoms with van der Waals surface area (Å²) in [7, 11) is 0. The molecule has 3 aliphatic rings. The first-order valence-corrected chi connectivity index (χ1v) is 7.76. The summed E-state index contributed by atoms with van der Waals surface area (Å²) in [5.41, 5.74) is 1.58. The molecule has 0 amide bonds. The summed E-state index contributed by atoms with van der Waals surface area (Å²) in [6, 6.07) is 8.21. The van der Waals surface area contributed by atoms with E-state index in [9.17, 15) is 4.79 Å². The lowest BCUT2D eigenvalue weighted by molar-refractivity contribution is -0.373. The average molecular weight is 288 g/mol. The van der Waals surface area contributed by atoms with Crippen molar-refractivity contribution in [3.8, 4) is 0 Å². The molecule has 4 heteroatoms. The van der Waals surface area contributed by atoms with Gasteiger partial charge in [-0.1, -0.05) is 24.3 Å². The van der Waals surface area contributed by atoms with Crippen LogP contribution < -0.4 is 0 Å². The minimum Gasteiger partial charge on any atom is -0.448 e. The van der Waals surface area contributed by atoms with Crippen LogP contribution in [0.25, 0.3) is 0 Å². The Hall–Kier alpha value is -1.39. The predicted octanol–water partition coefficient (Wildman–Crippen LogP) is 2.86. The van der Waals surface area contributed by atoms with Crippen LogP contribution in [-0.4, -0.2) is 25.0 Å². The third-order valence-electron chi connectivity index (χ3n) is 5.06. The van der Waals surface area contributed by atoms with Gasteiger partial charge in [0, 0.05) is 24.8 Å². The number of fused-ring (bicyclic) bond motifs is 5. The first-order valence-electron chi connectivity index (χ1n) is 7.76. The Bertz CT molecular complexity index is 570. The molecule has 2 aliphatic carbocycles. The van der Waals surface area contributed by atoms with Crippen molar-refractivity contribution in [2.75, 3.05) is 13.2 Å². The number of carbonyl (C=O) groups is 1. The number of rotatable bonds is 1. The number of ether oxygens (including phenoxy) is 3. The highest BCUT2D eigenvalue weighted by Crippen LogP contribution is 2.65. The summed E-state index contributed by atoms with van der Waals surface area (Å²) < 4.78 is 18.1. The van der Waals surface area contributed by atoms with Crippen LogP contribution in [0, 0.1) is 0 Å². The van der Waals surface area contributed by atoms with Gasteiger partial charge in [0.25, 0.3) is 0 Å². The van der Waals surface area contributed by atoms with Gasteiger partial charge in [-0.2, -0.15) is 0 Å². The molecule has 1 spiro atoms. The van der Waals surface area contributed by atoms with E-state index in [4.69, 9.17) is 14.2 Å². The van der Waals surface area contributed by atoms with Gasteiger partial charge < -0.3 is 14.2 Å². The third kappa shape index (κ3) is 1.60. The molecule has 112 valence electrons. The molecule has 2 fully saturated rings. The van der Waals surface area contributed by atoms with E-state index in [-0.39, 0.29) is 11.9 Å². The van der Waals surface area contributed by atoms with Crippen LogP contribution in [0.15, 0.2) is 24.3 Å². The molecule has 0 aromatic heterocycles. The van der Waals surface area contributed by atoms with Gasteiger partial charge in [-0.25, -0.2) is 0 Å². The highest BCUT2D eigenvalue weighted by molar-refractivity contribution is 5.69. The van der Waals surface area contributed by atoms with Crippen molar-refractivity contribution in [1.82, 2.24) is 0 Å². The van der Waals surface area contributed by atoms with E-state index in [1.165, 1.54) is 12.5 Å². The molecule has 21 heavy (non-hydrogen) atoms. The summed E-state index contributed by atoms with van der Waals surface area (Å²) in [6.45, 7) is 2.80. The van der Waals surface area contributed by atoms with Crippen LogP contribution in [-0.2, 0) is 24.6 Å². The molecule has 1 heterocycles. The second-order valence-electron chi connectivity index (χ2n) is 6.16. The standard InChI is InChI=1S/C17H20O4/c1-12(18)21-17-14-7-3-2-6-13(14)15(17)8-4-9-16(17)19-10-5-11-20-16/h2-3,6-7,15H,4-5,8-11H2,1H3. The maximum Gasteiger partial charge on any atom is 0.303 e. The van der Waals surface area contributed by atoms with E-state index in [2.05, 4.69) is 6.07 Å². The average Bonchev–Trinajstić information content (AvgIpc) is 2.49. The number of hydrogen-bond acceptors (Lipinski definition) is 4. The molecule has 0 bridgehead atoms. The molecular formula is C17H20O4. The van der Waals surface area contributed by atoms with E-state index in [0.29, 0.717) is 13.2 Å². The normalized spacial score (nSPS) is 32.7. The zero-order valence-electron chi connectivity index (χ0n) is 12.3. The van der Waals surface area contributed by atoms with Gasteiger partial charge in [0.2, 0.25) is 5.79 Å². The maximum atomic E-state index is 11.8. The molecule has 4 rings (SSSR count). The van der Waals surface area contributed by atoms with Crippen molar-refractivity contribution in [3.63, 3.8) is 0 Å². The summed E-state index contributed by atoms with van der Waals surface area (Å²) in [5.74, 6) is -0.883. The molecule has 1 aromatic rings. The van der Waals surface area contributed by atoms with E-state index in [1.807, 2.05) is 18.2 Å². The fourth-order valence-electron chi connectivity index (χ4n) is 4.39. The Labute approximate surface area is 124 Å². The lowest BCUT2D eigenvalue weighted by Gasteiger charge is -2.62. The van der Waals surface area contributed by atoms with Crippen LogP contribution in [0.3, 0.4) is 0 Å². The molecule has 2 atom stereocenters. The van der Waals surface area contributed by atoms with Crippen molar-refractivity contribution in [3.05, 3.63) is 35.4 Å². The van der Waals surface area contributed by atoms with E-state index in [0.717, 1.165) is 31.2 Å². The summed E-state index contributed by atoms with van der Waals surface area (Å²) in [4.78, 5) is 11.8. The third-order valence-corrected chi connectivity index (χ3v) is 5.06. The zero-order valence-corrected chi connectivity index (χ0v) is 12.3. The van der Waals surface area contributed by atoms with E-state index < -0.39 is 11.4 Å². The van der Waals surface area contributed by atoms with Gasteiger partial charge in [-0.15, -0.1) is 0 Å². The van der Waals surface area contributed by atoms with Crippen molar-refractivity contribution in [1.29, 1.82) is 0 Å². The van der Waals surface area contributed by atoms with Gasteiger partial charge in [0.15, 0.2) is 5.60 Å². The summed E-state index contributed by atoms with van der Waals surface area (Å²) in [6.07, 6.45) is 3.72. The van der Waals surface area contributed by atoms with Gasteiger partial charge >= 0.3 is 5.97 Å². The lowest BCUT2D eigenvalue weighted by Crippen LogP contribution is -2.68. The Morgan fingerprint density at radius 1 is 1.24 bits per heavy atom. The van der Waals surface area contributed by atoms with Gasteiger partial charge in [-0.3, -0.25) is 4.79 Å². The van der Waals surface area contributed by atoms with Crippen LogP contribution >= 0.6 is 0 Å². The quantitative estimate of drug-likeness (QED) is 0.745. The monoisotopic (exact) mass is 288 g/mol. The molecule has 2 unspecified atom stereocenters. The Balaban J connectivity index is 1.87. The lowest BCUT2D eigenvalue weighted by atomic mass is 9.54. The highest BCUT2D eigenvalue weighted by Gasteiger charge is 2.70. The minimum atomic E-state index is -0.797. The zero-order chi connectivity index (χ0) is 14.5. The second kappa shape index (κ2) is 4.55. The molecule has 0 N–H and O–H groups in total. The van der Waals surface area contributed by atoms with Gasteiger partial charge in [-0.05, 0) is 24.8 Å². The second-order valence-corrected chi connectivity index (χ2v) is 6.16. The molecular weight excluding hydrogens is 268 g/mol. The molecule has 1 saturated heterocycles. The Morgan fingerprint density at radius 3 is 2.76 bits per heavy atom.